The summed E-state index contributed by atoms with van der Waals surface area (Å²) in [6.07, 6.45) is -4.91. The SMILES string of the molecule is O=C(N1CCS(=O)(=O)CC1)C1(C(F)(F)F)CCNC1. The van der Waals surface area contributed by atoms with E-state index in [1.54, 1.807) is 0 Å². The topological polar surface area (TPSA) is 66.5 Å². The fraction of sp³-hybridized carbons (Fsp3) is 0.900. The Morgan fingerprint density at radius 2 is 1.79 bits per heavy atom. The lowest BCUT2D eigenvalue weighted by atomic mass is 9.84. The zero-order valence-corrected chi connectivity index (χ0v) is 11.0. The minimum atomic E-state index is -4.62. The van der Waals surface area contributed by atoms with Gasteiger partial charge in [0, 0.05) is 19.6 Å². The summed E-state index contributed by atoms with van der Waals surface area (Å²) in [5.41, 5.74) is -2.39. The number of alkyl halides is 3. The maximum absolute atomic E-state index is 13.2. The summed E-state index contributed by atoms with van der Waals surface area (Å²) in [7, 11) is -3.22. The number of amides is 1. The molecule has 19 heavy (non-hydrogen) atoms. The summed E-state index contributed by atoms with van der Waals surface area (Å²) in [4.78, 5) is 13.2. The van der Waals surface area contributed by atoms with E-state index in [4.69, 9.17) is 0 Å². The van der Waals surface area contributed by atoms with E-state index in [1.165, 1.54) is 0 Å². The van der Waals surface area contributed by atoms with Crippen molar-refractivity contribution in [3.8, 4) is 0 Å². The van der Waals surface area contributed by atoms with Crippen LogP contribution in [0.3, 0.4) is 0 Å². The molecule has 2 saturated heterocycles. The van der Waals surface area contributed by atoms with Crippen molar-refractivity contribution >= 4 is 15.7 Å². The molecule has 1 amide bonds. The number of hydrogen-bond acceptors (Lipinski definition) is 4. The first-order chi connectivity index (χ1) is 8.68. The van der Waals surface area contributed by atoms with Crippen LogP contribution in [0.4, 0.5) is 13.2 Å². The molecule has 0 aromatic carbocycles. The molecule has 0 aromatic heterocycles. The summed E-state index contributed by atoms with van der Waals surface area (Å²) in [5.74, 6) is -1.53. The van der Waals surface area contributed by atoms with Gasteiger partial charge < -0.3 is 10.2 Å². The third kappa shape index (κ3) is 2.58. The van der Waals surface area contributed by atoms with E-state index in [9.17, 15) is 26.4 Å². The molecule has 1 unspecified atom stereocenters. The Bertz CT molecular complexity index is 455. The lowest BCUT2D eigenvalue weighted by molar-refractivity contribution is -0.221. The fourth-order valence-corrected chi connectivity index (χ4v) is 3.66. The number of carbonyl (C=O) groups is 1. The second-order valence-corrected chi connectivity index (χ2v) is 7.25. The molecule has 1 N–H and O–H groups in total. The first-order valence-corrected chi connectivity index (χ1v) is 7.77. The fourth-order valence-electron chi connectivity index (χ4n) is 2.46. The highest BCUT2D eigenvalue weighted by atomic mass is 32.2. The highest BCUT2D eigenvalue weighted by Crippen LogP contribution is 2.44. The van der Waals surface area contributed by atoms with Gasteiger partial charge in [-0.1, -0.05) is 0 Å². The van der Waals surface area contributed by atoms with Gasteiger partial charge in [0.25, 0.3) is 0 Å². The zero-order chi connectivity index (χ0) is 14.3. The molecule has 0 spiro atoms. The third-order valence-electron chi connectivity index (χ3n) is 3.74. The number of sulfone groups is 1. The number of carbonyl (C=O) groups excluding carboxylic acids is 1. The van der Waals surface area contributed by atoms with E-state index in [2.05, 4.69) is 5.32 Å². The quantitative estimate of drug-likeness (QED) is 0.727. The second-order valence-electron chi connectivity index (χ2n) is 4.95. The predicted molar refractivity (Wildman–Crippen MR) is 61.2 cm³/mol. The first-order valence-electron chi connectivity index (χ1n) is 5.95. The summed E-state index contributed by atoms with van der Waals surface area (Å²) in [6.45, 7) is -0.603. The van der Waals surface area contributed by atoms with Crippen molar-refractivity contribution < 1.29 is 26.4 Å². The van der Waals surface area contributed by atoms with E-state index in [-0.39, 0.29) is 37.6 Å². The molecule has 0 aromatic rings. The number of halogens is 3. The van der Waals surface area contributed by atoms with Crippen LogP contribution in [0.15, 0.2) is 0 Å². The average molecular weight is 300 g/mol. The molecular weight excluding hydrogens is 285 g/mol. The largest absolute Gasteiger partial charge is 0.404 e. The lowest BCUT2D eigenvalue weighted by Gasteiger charge is -2.36. The molecule has 0 saturated carbocycles. The predicted octanol–water partition coefficient (Wildman–Crippen LogP) is -0.215. The Morgan fingerprint density at radius 1 is 1.21 bits per heavy atom. The Balaban J connectivity index is 2.18. The molecule has 110 valence electrons. The molecule has 2 aliphatic rings. The van der Waals surface area contributed by atoms with Crippen LogP contribution in [0.2, 0.25) is 0 Å². The van der Waals surface area contributed by atoms with Crippen LogP contribution in [0, 0.1) is 5.41 Å². The minimum absolute atomic E-state index is 0.136. The van der Waals surface area contributed by atoms with Gasteiger partial charge in [-0.3, -0.25) is 4.79 Å². The van der Waals surface area contributed by atoms with Gasteiger partial charge in [0.15, 0.2) is 15.3 Å². The summed E-state index contributed by atoms with van der Waals surface area (Å²) >= 11 is 0. The molecule has 2 heterocycles. The van der Waals surface area contributed by atoms with Crippen LogP contribution >= 0.6 is 0 Å². The van der Waals surface area contributed by atoms with E-state index >= 15 is 0 Å². The normalized spacial score (nSPS) is 31.4. The Labute approximate surface area is 109 Å². The number of nitrogens with one attached hydrogen (secondary N) is 1. The molecule has 0 radical (unpaired) electrons. The van der Waals surface area contributed by atoms with Gasteiger partial charge in [-0.2, -0.15) is 13.2 Å². The van der Waals surface area contributed by atoms with Crippen molar-refractivity contribution in [2.75, 3.05) is 37.7 Å². The molecule has 2 aliphatic heterocycles. The van der Waals surface area contributed by atoms with E-state index in [1.807, 2.05) is 0 Å². The van der Waals surface area contributed by atoms with Gasteiger partial charge in [-0.15, -0.1) is 0 Å². The van der Waals surface area contributed by atoms with Crippen molar-refractivity contribution in [3.63, 3.8) is 0 Å². The maximum atomic E-state index is 13.2. The van der Waals surface area contributed by atoms with E-state index in [0.29, 0.717) is 0 Å². The number of hydrogen-bond donors (Lipinski definition) is 1. The van der Waals surface area contributed by atoms with Gasteiger partial charge in [0.2, 0.25) is 5.91 Å². The Hall–Kier alpha value is -0.830. The standard InChI is InChI=1S/C10H15F3N2O3S/c11-10(12,13)9(1-2-14-7-9)8(16)15-3-5-19(17,18)6-4-15/h14H,1-7H2. The second kappa shape index (κ2) is 4.62. The third-order valence-corrected chi connectivity index (χ3v) is 5.35. The van der Waals surface area contributed by atoms with Crippen molar-refractivity contribution in [1.82, 2.24) is 10.2 Å². The molecule has 9 heteroatoms. The van der Waals surface area contributed by atoms with Gasteiger partial charge in [-0.05, 0) is 13.0 Å². The lowest BCUT2D eigenvalue weighted by Crippen LogP contribution is -2.56. The zero-order valence-electron chi connectivity index (χ0n) is 10.2. The van der Waals surface area contributed by atoms with Crippen LogP contribution in [-0.4, -0.2) is 63.1 Å². The van der Waals surface area contributed by atoms with E-state index in [0.717, 1.165) is 4.90 Å². The molecule has 1 atom stereocenters. The van der Waals surface area contributed by atoms with Crippen LogP contribution in [0.5, 0.6) is 0 Å². The average Bonchev–Trinajstić information content (AvgIpc) is 2.77. The molecule has 2 rings (SSSR count). The van der Waals surface area contributed by atoms with Crippen LogP contribution < -0.4 is 5.32 Å². The van der Waals surface area contributed by atoms with Gasteiger partial charge in [-0.25, -0.2) is 8.42 Å². The van der Waals surface area contributed by atoms with Crippen molar-refractivity contribution in [3.05, 3.63) is 0 Å². The highest BCUT2D eigenvalue weighted by Gasteiger charge is 2.62. The van der Waals surface area contributed by atoms with E-state index < -0.39 is 33.9 Å². The van der Waals surface area contributed by atoms with Gasteiger partial charge >= 0.3 is 6.18 Å². The van der Waals surface area contributed by atoms with Gasteiger partial charge in [0.1, 0.15) is 0 Å². The van der Waals surface area contributed by atoms with Crippen molar-refractivity contribution in [2.45, 2.75) is 12.6 Å². The summed E-state index contributed by atoms with van der Waals surface area (Å²) in [6, 6.07) is 0. The maximum Gasteiger partial charge on any atom is 0.404 e. The number of nitrogens with zero attached hydrogens (tertiary/aromatic N) is 1. The summed E-state index contributed by atoms with van der Waals surface area (Å²) in [5, 5.41) is 2.57. The summed E-state index contributed by atoms with van der Waals surface area (Å²) < 4.78 is 62.0. The molecule has 0 bridgehead atoms. The Morgan fingerprint density at radius 3 is 2.21 bits per heavy atom. The molecule has 0 aliphatic carbocycles. The van der Waals surface area contributed by atoms with Crippen molar-refractivity contribution in [1.29, 1.82) is 0 Å². The molecule has 5 nitrogen and oxygen atoms in total. The van der Waals surface area contributed by atoms with Crippen LogP contribution in [0.1, 0.15) is 6.42 Å². The number of rotatable bonds is 1. The first kappa shape index (κ1) is 14.6. The minimum Gasteiger partial charge on any atom is -0.340 e. The van der Waals surface area contributed by atoms with Crippen LogP contribution in [0.25, 0.3) is 0 Å². The molecule has 2 fully saturated rings. The van der Waals surface area contributed by atoms with Crippen molar-refractivity contribution in [2.24, 2.45) is 5.41 Å². The smallest absolute Gasteiger partial charge is 0.340 e. The Kier molecular flexibility index (Phi) is 3.54. The highest BCUT2D eigenvalue weighted by molar-refractivity contribution is 7.91. The monoisotopic (exact) mass is 300 g/mol. The van der Waals surface area contributed by atoms with Crippen LogP contribution in [-0.2, 0) is 14.6 Å². The molecular formula is C10H15F3N2O3S. The van der Waals surface area contributed by atoms with Gasteiger partial charge in [0.05, 0.1) is 11.5 Å².